The Morgan fingerprint density at radius 3 is 2.82 bits per heavy atom. The van der Waals surface area contributed by atoms with E-state index in [9.17, 15) is 4.79 Å². The summed E-state index contributed by atoms with van der Waals surface area (Å²) in [6, 6.07) is 11.3. The van der Waals surface area contributed by atoms with Gasteiger partial charge in [0.25, 0.3) is 0 Å². The maximum atomic E-state index is 12.0. The van der Waals surface area contributed by atoms with Crippen LogP contribution in [0.2, 0.25) is 5.02 Å². The first-order valence-electron chi connectivity index (χ1n) is 5.36. The molecule has 17 heavy (non-hydrogen) atoms. The second-order valence-corrected chi connectivity index (χ2v) is 4.33. The Labute approximate surface area is 105 Å². The first-order valence-corrected chi connectivity index (χ1v) is 5.74. The van der Waals surface area contributed by atoms with Crippen LogP contribution in [0.1, 0.15) is 21.6 Å². The first-order chi connectivity index (χ1) is 8.16. The average molecular weight is 246 g/mol. The first kappa shape index (κ1) is 11.8. The summed E-state index contributed by atoms with van der Waals surface area (Å²) in [6.45, 7) is 2.00. The molecule has 0 saturated heterocycles. The normalized spacial score (nSPS) is 10.2. The standard InChI is InChI=1S/C14H12ClNO/c1-10-4-2-5-11(8-10)9-13(17)14-12(15)6-3-7-16-14/h2-8H,9H2,1H3. The van der Waals surface area contributed by atoms with Crippen molar-refractivity contribution in [3.05, 3.63) is 64.4 Å². The molecule has 0 N–H and O–H groups in total. The van der Waals surface area contributed by atoms with Crippen LogP contribution in [0.5, 0.6) is 0 Å². The zero-order chi connectivity index (χ0) is 12.3. The summed E-state index contributed by atoms with van der Waals surface area (Å²) in [5.74, 6) is -0.0544. The monoisotopic (exact) mass is 245 g/mol. The maximum absolute atomic E-state index is 12.0. The van der Waals surface area contributed by atoms with E-state index in [1.165, 1.54) is 0 Å². The van der Waals surface area contributed by atoms with Crippen LogP contribution in [0.15, 0.2) is 42.6 Å². The number of nitrogens with zero attached hydrogens (tertiary/aromatic N) is 1. The SMILES string of the molecule is Cc1cccc(CC(=O)c2ncccc2Cl)c1. The fraction of sp³-hybridized carbons (Fsp3) is 0.143. The molecule has 2 rings (SSSR count). The van der Waals surface area contributed by atoms with Crippen LogP contribution in [0.25, 0.3) is 0 Å². The number of hydrogen-bond donors (Lipinski definition) is 0. The van der Waals surface area contributed by atoms with Crippen LogP contribution in [0.3, 0.4) is 0 Å². The fourth-order valence-electron chi connectivity index (χ4n) is 1.68. The Morgan fingerprint density at radius 2 is 2.12 bits per heavy atom. The lowest BCUT2D eigenvalue weighted by Gasteiger charge is -2.03. The van der Waals surface area contributed by atoms with E-state index in [-0.39, 0.29) is 5.78 Å². The molecular weight excluding hydrogens is 234 g/mol. The molecular formula is C14H12ClNO. The van der Waals surface area contributed by atoms with Crippen LogP contribution in [0.4, 0.5) is 0 Å². The van der Waals surface area contributed by atoms with Crippen molar-refractivity contribution < 1.29 is 4.79 Å². The summed E-state index contributed by atoms with van der Waals surface area (Å²) >= 11 is 5.93. The van der Waals surface area contributed by atoms with Gasteiger partial charge in [-0.3, -0.25) is 9.78 Å². The van der Waals surface area contributed by atoms with Gasteiger partial charge in [0.05, 0.1) is 5.02 Å². The minimum absolute atomic E-state index is 0.0544. The van der Waals surface area contributed by atoms with E-state index in [0.717, 1.165) is 11.1 Å². The van der Waals surface area contributed by atoms with Crippen molar-refractivity contribution in [1.29, 1.82) is 0 Å². The third-order valence-electron chi connectivity index (χ3n) is 2.47. The maximum Gasteiger partial charge on any atom is 0.187 e. The van der Waals surface area contributed by atoms with E-state index in [2.05, 4.69) is 4.98 Å². The number of pyridine rings is 1. The van der Waals surface area contributed by atoms with Crippen LogP contribution in [0, 0.1) is 6.92 Å². The van der Waals surface area contributed by atoms with Gasteiger partial charge < -0.3 is 0 Å². The molecule has 1 aromatic carbocycles. The number of carbonyl (C=O) groups excluding carboxylic acids is 1. The molecule has 0 aliphatic carbocycles. The van der Waals surface area contributed by atoms with Crippen molar-refractivity contribution in [3.63, 3.8) is 0 Å². The van der Waals surface area contributed by atoms with Gasteiger partial charge >= 0.3 is 0 Å². The van der Waals surface area contributed by atoms with Gasteiger partial charge in [0.2, 0.25) is 0 Å². The lowest BCUT2D eigenvalue weighted by molar-refractivity contribution is 0.0988. The highest BCUT2D eigenvalue weighted by Crippen LogP contribution is 2.15. The molecule has 1 aromatic heterocycles. The number of aryl methyl sites for hydroxylation is 1. The summed E-state index contributed by atoms with van der Waals surface area (Å²) in [5.41, 5.74) is 2.47. The molecule has 0 atom stereocenters. The highest BCUT2D eigenvalue weighted by atomic mass is 35.5. The molecule has 0 aliphatic rings. The van der Waals surface area contributed by atoms with Crippen LogP contribution in [-0.2, 0) is 6.42 Å². The van der Waals surface area contributed by atoms with Gasteiger partial charge in [0.1, 0.15) is 5.69 Å². The second-order valence-electron chi connectivity index (χ2n) is 3.92. The number of rotatable bonds is 3. The number of hydrogen-bond acceptors (Lipinski definition) is 2. The topological polar surface area (TPSA) is 30.0 Å². The molecule has 3 heteroatoms. The van der Waals surface area contributed by atoms with E-state index in [1.807, 2.05) is 31.2 Å². The van der Waals surface area contributed by atoms with Crippen LogP contribution >= 0.6 is 11.6 Å². The molecule has 2 aromatic rings. The Balaban J connectivity index is 2.20. The van der Waals surface area contributed by atoms with E-state index < -0.39 is 0 Å². The minimum atomic E-state index is -0.0544. The molecule has 0 fully saturated rings. The van der Waals surface area contributed by atoms with Crippen molar-refractivity contribution in [3.8, 4) is 0 Å². The van der Waals surface area contributed by atoms with E-state index in [0.29, 0.717) is 17.1 Å². The molecule has 1 heterocycles. The van der Waals surface area contributed by atoms with Crippen molar-refractivity contribution in [2.75, 3.05) is 0 Å². The summed E-state index contributed by atoms with van der Waals surface area (Å²) in [7, 11) is 0. The highest BCUT2D eigenvalue weighted by molar-refractivity contribution is 6.33. The van der Waals surface area contributed by atoms with E-state index >= 15 is 0 Å². The third-order valence-corrected chi connectivity index (χ3v) is 2.77. The molecule has 0 spiro atoms. The highest BCUT2D eigenvalue weighted by Gasteiger charge is 2.11. The Morgan fingerprint density at radius 1 is 1.29 bits per heavy atom. The average Bonchev–Trinajstić information content (AvgIpc) is 2.29. The van der Waals surface area contributed by atoms with Crippen molar-refractivity contribution >= 4 is 17.4 Å². The van der Waals surface area contributed by atoms with E-state index in [1.54, 1.807) is 18.3 Å². The number of Topliss-reactive ketones (excluding diaryl/α,β-unsaturated/α-hetero) is 1. The van der Waals surface area contributed by atoms with E-state index in [4.69, 9.17) is 11.6 Å². The molecule has 0 amide bonds. The van der Waals surface area contributed by atoms with Gasteiger partial charge in [0.15, 0.2) is 5.78 Å². The van der Waals surface area contributed by atoms with Crippen molar-refractivity contribution in [2.24, 2.45) is 0 Å². The summed E-state index contributed by atoms with van der Waals surface area (Å²) in [4.78, 5) is 16.0. The molecule has 2 nitrogen and oxygen atoms in total. The molecule has 0 bridgehead atoms. The lowest BCUT2D eigenvalue weighted by atomic mass is 10.0. The van der Waals surface area contributed by atoms with Crippen molar-refractivity contribution in [1.82, 2.24) is 4.98 Å². The van der Waals surface area contributed by atoms with Gasteiger partial charge in [0, 0.05) is 12.6 Å². The molecule has 0 radical (unpaired) electrons. The number of aromatic nitrogens is 1. The second kappa shape index (κ2) is 5.11. The molecule has 0 saturated carbocycles. The zero-order valence-corrected chi connectivity index (χ0v) is 10.2. The van der Waals surface area contributed by atoms with Crippen LogP contribution in [-0.4, -0.2) is 10.8 Å². The summed E-state index contributed by atoms with van der Waals surface area (Å²) < 4.78 is 0. The fourth-order valence-corrected chi connectivity index (χ4v) is 1.91. The Bertz CT molecular complexity index is 551. The predicted molar refractivity (Wildman–Crippen MR) is 68.5 cm³/mol. The lowest BCUT2D eigenvalue weighted by Crippen LogP contribution is -2.06. The number of halogens is 1. The number of carbonyl (C=O) groups is 1. The largest absolute Gasteiger partial charge is 0.292 e. The smallest absolute Gasteiger partial charge is 0.187 e. The van der Waals surface area contributed by atoms with Gasteiger partial charge in [-0.1, -0.05) is 41.4 Å². The van der Waals surface area contributed by atoms with Gasteiger partial charge in [-0.2, -0.15) is 0 Å². The third kappa shape index (κ3) is 2.92. The van der Waals surface area contributed by atoms with Gasteiger partial charge in [-0.15, -0.1) is 0 Å². The Kier molecular flexibility index (Phi) is 3.55. The summed E-state index contributed by atoms with van der Waals surface area (Å²) in [6.07, 6.45) is 1.91. The van der Waals surface area contributed by atoms with Crippen molar-refractivity contribution in [2.45, 2.75) is 13.3 Å². The summed E-state index contributed by atoms with van der Waals surface area (Å²) in [5, 5.41) is 0.408. The van der Waals surface area contributed by atoms with Gasteiger partial charge in [-0.05, 0) is 24.6 Å². The Hall–Kier alpha value is -1.67. The molecule has 86 valence electrons. The zero-order valence-electron chi connectivity index (χ0n) is 9.48. The quantitative estimate of drug-likeness (QED) is 0.775. The van der Waals surface area contributed by atoms with Gasteiger partial charge in [-0.25, -0.2) is 0 Å². The number of ketones is 1. The predicted octanol–water partition coefficient (Wildman–Crippen LogP) is 3.47. The molecule has 0 unspecified atom stereocenters. The molecule has 0 aliphatic heterocycles. The minimum Gasteiger partial charge on any atom is -0.292 e. The van der Waals surface area contributed by atoms with Crippen LogP contribution < -0.4 is 0 Å². The number of benzene rings is 1.